The van der Waals surface area contributed by atoms with Crippen molar-refractivity contribution in [2.45, 2.75) is 18.4 Å². The number of amides is 1. The van der Waals surface area contributed by atoms with Gasteiger partial charge >= 0.3 is 0 Å². The number of carbonyl (C=O) groups is 2. The lowest BCUT2D eigenvalue weighted by Crippen LogP contribution is -2.68. The third-order valence-electron chi connectivity index (χ3n) is 4.90. The van der Waals surface area contributed by atoms with Crippen molar-refractivity contribution in [2.24, 2.45) is 5.73 Å². The molecule has 1 fully saturated rings. The van der Waals surface area contributed by atoms with E-state index in [2.05, 4.69) is 18.2 Å². The van der Waals surface area contributed by atoms with Crippen molar-refractivity contribution in [3.05, 3.63) is 60.2 Å². The standard InChI is InChI=1S/C21H20N2O2S/c22-21(10-3-11-24)13-23(14-21)20(25)16-8-6-15(7-9-16)19-12-17-4-1-2-5-18(17)26-19/h1-2,4-9,11-12H,3,10,13-14,22H2. The predicted octanol–water partition coefficient (Wildman–Crippen LogP) is 3.70. The van der Waals surface area contributed by atoms with Crippen LogP contribution >= 0.6 is 11.3 Å². The lowest BCUT2D eigenvalue weighted by atomic mass is 9.86. The molecule has 1 amide bonds. The van der Waals surface area contributed by atoms with Gasteiger partial charge in [0.2, 0.25) is 0 Å². The lowest BCUT2D eigenvalue weighted by Gasteiger charge is -2.47. The molecule has 2 heterocycles. The van der Waals surface area contributed by atoms with E-state index in [-0.39, 0.29) is 5.91 Å². The number of fused-ring (bicyclic) bond motifs is 1. The molecule has 0 aliphatic carbocycles. The monoisotopic (exact) mass is 364 g/mol. The number of thiophene rings is 1. The number of hydrogen-bond donors (Lipinski definition) is 1. The lowest BCUT2D eigenvalue weighted by molar-refractivity contribution is -0.108. The largest absolute Gasteiger partial charge is 0.335 e. The molecule has 1 aliphatic rings. The number of likely N-dealkylation sites (tertiary alicyclic amines) is 1. The topological polar surface area (TPSA) is 63.4 Å². The highest BCUT2D eigenvalue weighted by atomic mass is 32.1. The van der Waals surface area contributed by atoms with Crippen LogP contribution in [0.1, 0.15) is 23.2 Å². The molecule has 0 radical (unpaired) electrons. The van der Waals surface area contributed by atoms with E-state index in [1.807, 2.05) is 36.4 Å². The van der Waals surface area contributed by atoms with Gasteiger partial charge in [0.25, 0.3) is 5.91 Å². The molecule has 0 saturated carbocycles. The highest BCUT2D eigenvalue weighted by molar-refractivity contribution is 7.22. The van der Waals surface area contributed by atoms with Gasteiger partial charge in [0, 0.05) is 34.7 Å². The first-order valence-corrected chi connectivity index (χ1v) is 9.50. The normalized spacial score (nSPS) is 15.7. The number of nitrogens with two attached hydrogens (primary N) is 1. The summed E-state index contributed by atoms with van der Waals surface area (Å²) in [5.74, 6) is 0.0000637. The summed E-state index contributed by atoms with van der Waals surface area (Å²) >= 11 is 1.75. The average molecular weight is 364 g/mol. The molecule has 5 heteroatoms. The maximum atomic E-state index is 12.6. The molecule has 4 nitrogen and oxygen atoms in total. The average Bonchev–Trinajstić information content (AvgIpc) is 3.08. The van der Waals surface area contributed by atoms with Crippen LogP contribution in [0.4, 0.5) is 0 Å². The van der Waals surface area contributed by atoms with Gasteiger partial charge in [0.1, 0.15) is 6.29 Å². The van der Waals surface area contributed by atoms with Gasteiger partial charge in [-0.2, -0.15) is 0 Å². The fraction of sp³-hybridized carbons (Fsp3) is 0.238. The van der Waals surface area contributed by atoms with Gasteiger partial charge in [-0.15, -0.1) is 11.3 Å². The Morgan fingerprint density at radius 3 is 2.58 bits per heavy atom. The Labute approximate surface area is 156 Å². The minimum absolute atomic E-state index is 0.0000637. The molecule has 0 atom stereocenters. The summed E-state index contributed by atoms with van der Waals surface area (Å²) in [5, 5.41) is 1.24. The highest BCUT2D eigenvalue weighted by Gasteiger charge is 2.41. The van der Waals surface area contributed by atoms with E-state index in [9.17, 15) is 9.59 Å². The molecule has 0 unspecified atom stereocenters. The van der Waals surface area contributed by atoms with E-state index in [0.717, 1.165) is 11.8 Å². The first-order chi connectivity index (χ1) is 12.6. The van der Waals surface area contributed by atoms with Gasteiger partial charge in [0.05, 0.1) is 5.54 Å². The molecule has 1 aromatic heterocycles. The minimum atomic E-state index is -0.409. The molecule has 132 valence electrons. The summed E-state index contributed by atoms with van der Waals surface area (Å²) in [6.45, 7) is 1.02. The van der Waals surface area contributed by atoms with E-state index in [1.54, 1.807) is 16.2 Å². The van der Waals surface area contributed by atoms with Crippen LogP contribution in [0.3, 0.4) is 0 Å². The highest BCUT2D eigenvalue weighted by Crippen LogP contribution is 2.33. The quantitative estimate of drug-likeness (QED) is 0.702. The molecular weight excluding hydrogens is 344 g/mol. The van der Waals surface area contributed by atoms with Crippen molar-refractivity contribution in [3.63, 3.8) is 0 Å². The van der Waals surface area contributed by atoms with Gasteiger partial charge in [-0.3, -0.25) is 4.79 Å². The summed E-state index contributed by atoms with van der Waals surface area (Å²) in [6, 6.07) is 18.3. The summed E-state index contributed by atoms with van der Waals surface area (Å²) in [6.07, 6.45) is 1.96. The van der Waals surface area contributed by atoms with Crippen LogP contribution in [0.5, 0.6) is 0 Å². The van der Waals surface area contributed by atoms with E-state index < -0.39 is 5.54 Å². The van der Waals surface area contributed by atoms with Crippen LogP contribution in [-0.4, -0.2) is 35.7 Å². The van der Waals surface area contributed by atoms with E-state index in [0.29, 0.717) is 31.5 Å². The van der Waals surface area contributed by atoms with Gasteiger partial charge in [0.15, 0.2) is 0 Å². The number of benzene rings is 2. The van der Waals surface area contributed by atoms with Crippen LogP contribution in [0.25, 0.3) is 20.5 Å². The van der Waals surface area contributed by atoms with Gasteiger partial charge < -0.3 is 15.4 Å². The number of carbonyl (C=O) groups excluding carboxylic acids is 2. The Kier molecular flexibility index (Phi) is 4.34. The van der Waals surface area contributed by atoms with Gasteiger partial charge in [-0.1, -0.05) is 30.3 Å². The van der Waals surface area contributed by atoms with Crippen LogP contribution in [0.2, 0.25) is 0 Å². The summed E-state index contributed by atoms with van der Waals surface area (Å²) in [5.41, 5.74) is 7.56. The minimum Gasteiger partial charge on any atom is -0.335 e. The maximum absolute atomic E-state index is 12.6. The molecule has 2 aromatic carbocycles. The zero-order valence-corrected chi connectivity index (χ0v) is 15.2. The zero-order chi connectivity index (χ0) is 18.1. The molecule has 0 bridgehead atoms. The van der Waals surface area contributed by atoms with Crippen LogP contribution in [0.15, 0.2) is 54.6 Å². The predicted molar refractivity (Wildman–Crippen MR) is 105 cm³/mol. The first kappa shape index (κ1) is 16.9. The summed E-state index contributed by atoms with van der Waals surface area (Å²) < 4.78 is 1.26. The molecule has 4 rings (SSSR count). The third kappa shape index (κ3) is 3.16. The molecule has 2 N–H and O–H groups in total. The smallest absolute Gasteiger partial charge is 0.253 e. The van der Waals surface area contributed by atoms with Crippen molar-refractivity contribution >= 4 is 33.6 Å². The summed E-state index contributed by atoms with van der Waals surface area (Å²) in [4.78, 5) is 26.0. The summed E-state index contributed by atoms with van der Waals surface area (Å²) in [7, 11) is 0. The third-order valence-corrected chi connectivity index (χ3v) is 6.07. The van der Waals surface area contributed by atoms with Crippen molar-refractivity contribution in [1.82, 2.24) is 4.90 Å². The SMILES string of the molecule is NC1(CCC=O)CN(C(=O)c2ccc(-c3cc4ccccc4s3)cc2)C1. The van der Waals surface area contributed by atoms with E-state index in [1.165, 1.54) is 15.0 Å². The second-order valence-electron chi connectivity index (χ2n) is 6.95. The number of aldehydes is 1. The maximum Gasteiger partial charge on any atom is 0.253 e. The molecule has 3 aromatic rings. The number of nitrogens with zero attached hydrogens (tertiary/aromatic N) is 1. The molecule has 26 heavy (non-hydrogen) atoms. The Morgan fingerprint density at radius 2 is 1.88 bits per heavy atom. The second kappa shape index (κ2) is 6.67. The molecule has 0 spiro atoms. The Balaban J connectivity index is 1.46. The van der Waals surface area contributed by atoms with Crippen LogP contribution in [-0.2, 0) is 4.79 Å². The van der Waals surface area contributed by atoms with E-state index in [4.69, 9.17) is 5.73 Å². The Bertz CT molecular complexity index is 923. The van der Waals surface area contributed by atoms with Crippen molar-refractivity contribution in [2.75, 3.05) is 13.1 Å². The van der Waals surface area contributed by atoms with Crippen LogP contribution < -0.4 is 5.73 Å². The van der Waals surface area contributed by atoms with Crippen molar-refractivity contribution < 1.29 is 9.59 Å². The molecular formula is C21H20N2O2S. The van der Waals surface area contributed by atoms with Crippen molar-refractivity contribution in [3.8, 4) is 10.4 Å². The molecule has 1 aliphatic heterocycles. The van der Waals surface area contributed by atoms with Crippen LogP contribution in [0, 0.1) is 0 Å². The number of hydrogen-bond acceptors (Lipinski definition) is 4. The Hall–Kier alpha value is -2.50. The Morgan fingerprint density at radius 1 is 1.15 bits per heavy atom. The first-order valence-electron chi connectivity index (χ1n) is 8.69. The zero-order valence-electron chi connectivity index (χ0n) is 14.4. The van der Waals surface area contributed by atoms with Gasteiger partial charge in [-0.25, -0.2) is 0 Å². The van der Waals surface area contributed by atoms with Crippen molar-refractivity contribution in [1.29, 1.82) is 0 Å². The molecule has 1 saturated heterocycles. The van der Waals surface area contributed by atoms with E-state index >= 15 is 0 Å². The fourth-order valence-electron chi connectivity index (χ4n) is 3.45. The number of rotatable bonds is 5. The second-order valence-corrected chi connectivity index (χ2v) is 8.04. The fourth-order valence-corrected chi connectivity index (χ4v) is 4.51. The van der Waals surface area contributed by atoms with Gasteiger partial charge in [-0.05, 0) is 41.6 Å².